The van der Waals surface area contributed by atoms with E-state index in [-0.39, 0.29) is 34.1 Å². The van der Waals surface area contributed by atoms with Crippen molar-refractivity contribution in [3.8, 4) is 0 Å². The summed E-state index contributed by atoms with van der Waals surface area (Å²) in [5, 5.41) is 0.0306. The molecule has 1 saturated heterocycles. The minimum atomic E-state index is -0.743. The Morgan fingerprint density at radius 3 is 2.68 bits per heavy atom. The van der Waals surface area contributed by atoms with Crippen molar-refractivity contribution in [2.75, 3.05) is 18.5 Å². The number of amides is 1. The van der Waals surface area contributed by atoms with Crippen LogP contribution in [0.5, 0.6) is 0 Å². The Balaban J connectivity index is 1.92. The van der Waals surface area contributed by atoms with Crippen LogP contribution in [0.4, 0.5) is 15.0 Å². The summed E-state index contributed by atoms with van der Waals surface area (Å²) in [6.45, 7) is 7.98. The highest BCUT2D eigenvalue weighted by Crippen LogP contribution is 2.33. The van der Waals surface area contributed by atoms with Gasteiger partial charge in [-0.1, -0.05) is 11.6 Å². The van der Waals surface area contributed by atoms with Gasteiger partial charge in [-0.15, -0.1) is 0 Å². The number of fused-ring (bicyclic) bond motifs is 1. The number of pyridine rings is 1. The average Bonchev–Trinajstić information content (AvgIpc) is 2.97. The number of halogens is 3. The van der Waals surface area contributed by atoms with Crippen LogP contribution in [0.3, 0.4) is 0 Å². The van der Waals surface area contributed by atoms with Gasteiger partial charge < -0.3 is 14.5 Å². The first-order chi connectivity index (χ1) is 13.0. The van der Waals surface area contributed by atoms with E-state index in [1.54, 1.807) is 4.90 Å². The third kappa shape index (κ3) is 3.93. The summed E-state index contributed by atoms with van der Waals surface area (Å²) in [6.07, 6.45) is 1.76. The fourth-order valence-corrected chi connectivity index (χ4v) is 3.74. The van der Waals surface area contributed by atoms with Crippen molar-refractivity contribution in [3.63, 3.8) is 0 Å². The summed E-state index contributed by atoms with van der Waals surface area (Å²) in [6, 6.07) is -0.214. The van der Waals surface area contributed by atoms with Crippen LogP contribution in [-0.2, 0) is 4.74 Å². The van der Waals surface area contributed by atoms with Gasteiger partial charge in [0.25, 0.3) is 0 Å². The Morgan fingerprint density at radius 1 is 1.36 bits per heavy atom. The van der Waals surface area contributed by atoms with Gasteiger partial charge in [0.15, 0.2) is 11.0 Å². The van der Waals surface area contributed by atoms with Gasteiger partial charge in [-0.3, -0.25) is 0 Å². The summed E-state index contributed by atoms with van der Waals surface area (Å²) in [5.74, 6) is -0.311. The van der Waals surface area contributed by atoms with Crippen molar-refractivity contribution < 1.29 is 13.9 Å². The number of ether oxygens (including phenoxy) is 1. The summed E-state index contributed by atoms with van der Waals surface area (Å²) < 4.78 is 19.9. The molecule has 0 aromatic carbocycles. The lowest BCUT2D eigenvalue weighted by Gasteiger charge is -2.33. The Kier molecular flexibility index (Phi) is 5.55. The van der Waals surface area contributed by atoms with Crippen LogP contribution in [0.1, 0.15) is 34.1 Å². The molecule has 0 N–H and O–H groups in total. The molecule has 3 heterocycles. The van der Waals surface area contributed by atoms with Gasteiger partial charge in [-0.05, 0) is 45.7 Å². The summed E-state index contributed by atoms with van der Waals surface area (Å²) in [4.78, 5) is 28.1. The first kappa shape index (κ1) is 20.8. The van der Waals surface area contributed by atoms with E-state index in [4.69, 9.17) is 27.9 Å². The largest absolute Gasteiger partial charge is 0.444 e. The molecular weight excluding hydrogens is 408 g/mol. The molecule has 10 heteroatoms. The van der Waals surface area contributed by atoms with E-state index >= 15 is 0 Å². The van der Waals surface area contributed by atoms with Crippen molar-refractivity contribution >= 4 is 46.0 Å². The van der Waals surface area contributed by atoms with Crippen LogP contribution in [0, 0.1) is 5.82 Å². The molecule has 28 heavy (non-hydrogen) atoms. The molecule has 0 bridgehead atoms. The van der Waals surface area contributed by atoms with Gasteiger partial charge in [0, 0.05) is 19.8 Å². The van der Waals surface area contributed by atoms with E-state index in [2.05, 4.69) is 15.0 Å². The van der Waals surface area contributed by atoms with Gasteiger partial charge >= 0.3 is 6.09 Å². The predicted molar refractivity (Wildman–Crippen MR) is 107 cm³/mol. The zero-order valence-corrected chi connectivity index (χ0v) is 17.8. The minimum Gasteiger partial charge on any atom is -0.444 e. The molecule has 2 aromatic heterocycles. The molecular formula is C18H22Cl2FN5O2. The van der Waals surface area contributed by atoms with E-state index in [1.165, 1.54) is 6.20 Å². The van der Waals surface area contributed by atoms with Crippen LogP contribution >= 0.6 is 23.2 Å². The number of nitrogens with zero attached hydrogens (tertiary/aromatic N) is 5. The SMILES string of the molecule is C[C@@H]1[C@H](N(C)c2nc(Cl)nc3c(F)c(Cl)ncc23)CCN1C(=O)OC(C)(C)C. The molecule has 0 aliphatic carbocycles. The lowest BCUT2D eigenvalue weighted by Crippen LogP contribution is -2.45. The summed E-state index contributed by atoms with van der Waals surface area (Å²) in [5.41, 5.74) is -0.559. The highest BCUT2D eigenvalue weighted by Gasteiger charge is 2.39. The molecule has 0 radical (unpaired) electrons. The second kappa shape index (κ2) is 7.48. The topological polar surface area (TPSA) is 71.5 Å². The second-order valence-electron chi connectivity index (χ2n) is 7.82. The predicted octanol–water partition coefficient (Wildman–Crippen LogP) is 4.30. The third-order valence-electron chi connectivity index (χ3n) is 4.77. The van der Waals surface area contributed by atoms with Crippen molar-refractivity contribution in [2.24, 2.45) is 0 Å². The average molecular weight is 430 g/mol. The Labute approximate surface area is 172 Å². The molecule has 1 fully saturated rings. The Bertz CT molecular complexity index is 921. The van der Waals surface area contributed by atoms with Gasteiger partial charge in [0.1, 0.15) is 16.9 Å². The smallest absolute Gasteiger partial charge is 0.410 e. The summed E-state index contributed by atoms with van der Waals surface area (Å²) in [7, 11) is 1.82. The molecule has 2 aromatic rings. The molecule has 7 nitrogen and oxygen atoms in total. The zero-order valence-electron chi connectivity index (χ0n) is 16.3. The third-order valence-corrected chi connectivity index (χ3v) is 5.20. The molecule has 0 saturated carbocycles. The normalized spacial score (nSPS) is 19.9. The van der Waals surface area contributed by atoms with E-state index in [1.807, 2.05) is 39.6 Å². The maximum Gasteiger partial charge on any atom is 0.410 e. The van der Waals surface area contributed by atoms with Crippen LogP contribution < -0.4 is 4.90 Å². The van der Waals surface area contributed by atoms with Gasteiger partial charge in [0.05, 0.1) is 17.5 Å². The number of likely N-dealkylation sites (N-methyl/N-ethyl adjacent to an activating group) is 1. The van der Waals surface area contributed by atoms with Crippen LogP contribution in [0.25, 0.3) is 10.9 Å². The number of carbonyl (C=O) groups is 1. The molecule has 1 amide bonds. The number of likely N-dealkylation sites (tertiary alicyclic amines) is 1. The molecule has 2 atom stereocenters. The Morgan fingerprint density at radius 2 is 2.04 bits per heavy atom. The minimum absolute atomic E-state index is 0.0106. The monoisotopic (exact) mass is 429 g/mol. The first-order valence-electron chi connectivity index (χ1n) is 8.89. The van der Waals surface area contributed by atoms with Crippen LogP contribution in [-0.4, -0.2) is 57.2 Å². The molecule has 0 spiro atoms. The first-order valence-corrected chi connectivity index (χ1v) is 9.65. The number of carbonyl (C=O) groups excluding carboxylic acids is 1. The lowest BCUT2D eigenvalue weighted by atomic mass is 10.1. The number of aromatic nitrogens is 3. The number of hydrogen-bond acceptors (Lipinski definition) is 6. The van der Waals surface area contributed by atoms with E-state index < -0.39 is 11.4 Å². The van der Waals surface area contributed by atoms with Crippen LogP contribution in [0.15, 0.2) is 6.20 Å². The highest BCUT2D eigenvalue weighted by atomic mass is 35.5. The fourth-order valence-electron chi connectivity index (χ4n) is 3.44. The number of hydrogen-bond donors (Lipinski definition) is 0. The number of anilines is 1. The Hall–Kier alpha value is -1.93. The highest BCUT2D eigenvalue weighted by molar-refractivity contribution is 6.30. The fraction of sp³-hybridized carbons (Fsp3) is 0.556. The number of rotatable bonds is 2. The molecule has 1 aliphatic rings. The molecule has 1 aliphatic heterocycles. The molecule has 152 valence electrons. The van der Waals surface area contributed by atoms with Gasteiger partial charge in [-0.2, -0.15) is 4.98 Å². The summed E-state index contributed by atoms with van der Waals surface area (Å²) >= 11 is 11.8. The lowest BCUT2D eigenvalue weighted by molar-refractivity contribution is 0.0233. The van der Waals surface area contributed by atoms with Crippen molar-refractivity contribution in [1.82, 2.24) is 19.9 Å². The van der Waals surface area contributed by atoms with E-state index in [0.29, 0.717) is 24.2 Å². The maximum absolute atomic E-state index is 14.4. The van der Waals surface area contributed by atoms with Crippen molar-refractivity contribution in [3.05, 3.63) is 22.5 Å². The van der Waals surface area contributed by atoms with E-state index in [0.717, 1.165) is 0 Å². The zero-order chi connectivity index (χ0) is 20.8. The van der Waals surface area contributed by atoms with Crippen molar-refractivity contribution in [1.29, 1.82) is 0 Å². The van der Waals surface area contributed by atoms with Gasteiger partial charge in [0.2, 0.25) is 5.28 Å². The van der Waals surface area contributed by atoms with Crippen LogP contribution in [0.2, 0.25) is 10.4 Å². The molecule has 3 rings (SSSR count). The van der Waals surface area contributed by atoms with Crippen molar-refractivity contribution in [2.45, 2.75) is 51.8 Å². The second-order valence-corrected chi connectivity index (χ2v) is 8.52. The quantitative estimate of drug-likeness (QED) is 0.523. The maximum atomic E-state index is 14.4. The van der Waals surface area contributed by atoms with E-state index in [9.17, 15) is 9.18 Å². The van der Waals surface area contributed by atoms with Gasteiger partial charge in [-0.25, -0.2) is 19.2 Å². The standard InChI is InChI=1S/C18H22Cl2FN5O2/c1-9-11(6-7-26(9)17(27)28-18(2,3)4)25(5)15-10-8-22-14(19)12(21)13(10)23-16(20)24-15/h8-9,11H,6-7H2,1-5H3/t9-,11-/m1/s1. The molecule has 0 unspecified atom stereocenters.